The van der Waals surface area contributed by atoms with Crippen molar-refractivity contribution >= 4 is 11.5 Å². The molecule has 0 spiro atoms. The molecule has 0 aliphatic carbocycles. The highest BCUT2D eigenvalue weighted by atomic mass is 16.5. The average molecular weight is 284 g/mol. The fourth-order valence-corrected chi connectivity index (χ4v) is 2.04. The Hall–Kier alpha value is -2.33. The van der Waals surface area contributed by atoms with Crippen LogP contribution in [0.25, 0.3) is 0 Å². The number of ether oxygens (including phenoxy) is 1. The lowest BCUT2D eigenvalue weighted by Gasteiger charge is -2.06. The van der Waals surface area contributed by atoms with Crippen LogP contribution in [0.5, 0.6) is 5.75 Å². The minimum absolute atomic E-state index is 0.0528. The number of hydrogen-bond donors (Lipinski definition) is 2. The van der Waals surface area contributed by atoms with Crippen molar-refractivity contribution in [2.45, 2.75) is 6.42 Å². The number of nitrogens with one attached hydrogen (secondary N) is 1. The zero-order chi connectivity index (χ0) is 15.1. The molecule has 2 aromatic rings. The molecule has 0 unspecified atom stereocenters. The summed E-state index contributed by atoms with van der Waals surface area (Å²) in [5.41, 5.74) is 8.13. The molecule has 0 saturated heterocycles. The summed E-state index contributed by atoms with van der Waals surface area (Å²) < 4.78 is 5.11. The van der Waals surface area contributed by atoms with Crippen molar-refractivity contribution in [2.24, 2.45) is 0 Å². The number of carbonyl (C=O) groups is 1. The maximum absolute atomic E-state index is 12.0. The number of carbonyl (C=O) groups excluding carboxylic acids is 1. The lowest BCUT2D eigenvalue weighted by molar-refractivity contribution is 0.0991. The van der Waals surface area contributed by atoms with E-state index in [1.807, 2.05) is 24.3 Å². The minimum Gasteiger partial charge on any atom is -0.497 e. The number of Topliss-reactive ketones (excluding diaryl/α,β-unsaturated/α-hetero) is 1. The Kier molecular flexibility index (Phi) is 5.35. The van der Waals surface area contributed by atoms with Crippen LogP contribution in [0.4, 0.5) is 5.69 Å². The maximum Gasteiger partial charge on any atom is 0.176 e. The highest BCUT2D eigenvalue weighted by Gasteiger charge is 2.05. The molecule has 0 radical (unpaired) electrons. The predicted molar refractivity (Wildman–Crippen MR) is 84.8 cm³/mol. The number of rotatable bonds is 7. The second-order valence-corrected chi connectivity index (χ2v) is 4.82. The molecule has 21 heavy (non-hydrogen) atoms. The van der Waals surface area contributed by atoms with Gasteiger partial charge in [0.1, 0.15) is 5.75 Å². The smallest absolute Gasteiger partial charge is 0.176 e. The van der Waals surface area contributed by atoms with E-state index >= 15 is 0 Å². The van der Waals surface area contributed by atoms with Crippen LogP contribution in [0.3, 0.4) is 0 Å². The van der Waals surface area contributed by atoms with Crippen molar-refractivity contribution in [3.63, 3.8) is 0 Å². The molecule has 0 amide bonds. The van der Waals surface area contributed by atoms with Gasteiger partial charge in [0.05, 0.1) is 13.7 Å². The summed E-state index contributed by atoms with van der Waals surface area (Å²) in [5.74, 6) is 0.903. The van der Waals surface area contributed by atoms with Crippen LogP contribution < -0.4 is 15.8 Å². The Morgan fingerprint density at radius 3 is 2.62 bits per heavy atom. The Bertz CT molecular complexity index is 594. The third-order valence-corrected chi connectivity index (χ3v) is 3.24. The van der Waals surface area contributed by atoms with E-state index in [1.54, 1.807) is 31.4 Å². The number of methoxy groups -OCH3 is 1. The van der Waals surface area contributed by atoms with Crippen molar-refractivity contribution in [1.82, 2.24) is 5.32 Å². The molecule has 0 aliphatic rings. The first-order valence-electron chi connectivity index (χ1n) is 6.91. The highest BCUT2D eigenvalue weighted by molar-refractivity contribution is 5.98. The number of anilines is 1. The van der Waals surface area contributed by atoms with Crippen LogP contribution >= 0.6 is 0 Å². The Labute approximate surface area is 124 Å². The summed E-state index contributed by atoms with van der Waals surface area (Å²) in [4.78, 5) is 12.0. The molecule has 2 rings (SSSR count). The van der Waals surface area contributed by atoms with Crippen molar-refractivity contribution in [2.75, 3.05) is 25.9 Å². The van der Waals surface area contributed by atoms with E-state index in [-0.39, 0.29) is 5.78 Å². The summed E-state index contributed by atoms with van der Waals surface area (Å²) in [7, 11) is 1.65. The molecule has 0 fully saturated rings. The number of benzene rings is 2. The van der Waals surface area contributed by atoms with Gasteiger partial charge in [0.15, 0.2) is 5.78 Å². The molecule has 0 heterocycles. The van der Waals surface area contributed by atoms with Crippen LogP contribution in [-0.4, -0.2) is 26.0 Å². The van der Waals surface area contributed by atoms with Crippen LogP contribution in [0, 0.1) is 0 Å². The van der Waals surface area contributed by atoms with Gasteiger partial charge in [-0.15, -0.1) is 0 Å². The van der Waals surface area contributed by atoms with E-state index in [4.69, 9.17) is 10.5 Å². The van der Waals surface area contributed by atoms with Gasteiger partial charge in [-0.3, -0.25) is 4.79 Å². The molecule has 0 saturated carbocycles. The quantitative estimate of drug-likeness (QED) is 0.465. The second kappa shape index (κ2) is 7.45. The van der Waals surface area contributed by atoms with E-state index in [1.165, 1.54) is 5.56 Å². The zero-order valence-corrected chi connectivity index (χ0v) is 12.1. The summed E-state index contributed by atoms with van der Waals surface area (Å²) in [5, 5.41) is 3.16. The molecule has 2 aromatic carbocycles. The molecular weight excluding hydrogens is 264 g/mol. The zero-order valence-electron chi connectivity index (χ0n) is 12.1. The topological polar surface area (TPSA) is 64.3 Å². The van der Waals surface area contributed by atoms with Gasteiger partial charge in [0.25, 0.3) is 0 Å². The van der Waals surface area contributed by atoms with Gasteiger partial charge < -0.3 is 15.8 Å². The highest BCUT2D eigenvalue weighted by Crippen LogP contribution is 2.11. The van der Waals surface area contributed by atoms with Crippen molar-refractivity contribution in [1.29, 1.82) is 0 Å². The van der Waals surface area contributed by atoms with Crippen LogP contribution in [0.1, 0.15) is 15.9 Å². The summed E-state index contributed by atoms with van der Waals surface area (Å²) in [6, 6.07) is 15.0. The molecule has 0 aliphatic heterocycles. The van der Waals surface area contributed by atoms with Gasteiger partial charge in [0, 0.05) is 11.3 Å². The second-order valence-electron chi connectivity index (χ2n) is 4.82. The molecule has 4 nitrogen and oxygen atoms in total. The van der Waals surface area contributed by atoms with Gasteiger partial charge >= 0.3 is 0 Å². The maximum atomic E-state index is 12.0. The van der Waals surface area contributed by atoms with Gasteiger partial charge in [-0.1, -0.05) is 24.3 Å². The Balaban J connectivity index is 1.75. The monoisotopic (exact) mass is 284 g/mol. The normalized spacial score (nSPS) is 10.3. The van der Waals surface area contributed by atoms with E-state index in [0.29, 0.717) is 17.8 Å². The first-order chi connectivity index (χ1) is 10.2. The Morgan fingerprint density at radius 1 is 1.19 bits per heavy atom. The van der Waals surface area contributed by atoms with E-state index in [0.717, 1.165) is 18.7 Å². The average Bonchev–Trinajstić information content (AvgIpc) is 2.52. The minimum atomic E-state index is 0.0528. The van der Waals surface area contributed by atoms with Gasteiger partial charge in [-0.05, 0) is 42.8 Å². The lowest BCUT2D eigenvalue weighted by Crippen LogP contribution is -2.25. The van der Waals surface area contributed by atoms with Crippen molar-refractivity contribution in [3.8, 4) is 5.75 Å². The first-order valence-corrected chi connectivity index (χ1v) is 6.91. The predicted octanol–water partition coefficient (Wildman–Crippen LogP) is 2.29. The van der Waals surface area contributed by atoms with Gasteiger partial charge in [0.2, 0.25) is 0 Å². The third-order valence-electron chi connectivity index (χ3n) is 3.24. The summed E-state index contributed by atoms with van der Waals surface area (Å²) in [6.07, 6.45) is 0.869. The molecule has 3 N–H and O–H groups in total. The molecule has 0 aromatic heterocycles. The SMILES string of the molecule is COc1ccc(CCNCC(=O)c2cccc(N)c2)cc1. The van der Waals surface area contributed by atoms with Gasteiger partial charge in [-0.25, -0.2) is 0 Å². The van der Waals surface area contributed by atoms with Gasteiger partial charge in [-0.2, -0.15) is 0 Å². The molecule has 110 valence electrons. The number of nitrogen functional groups attached to an aromatic ring is 1. The molecule has 4 heteroatoms. The number of ketones is 1. The summed E-state index contributed by atoms with van der Waals surface area (Å²) >= 11 is 0. The fraction of sp³-hybridized carbons (Fsp3) is 0.235. The van der Waals surface area contributed by atoms with E-state index < -0.39 is 0 Å². The third kappa shape index (κ3) is 4.61. The van der Waals surface area contributed by atoms with E-state index in [9.17, 15) is 4.79 Å². The standard InChI is InChI=1S/C17H20N2O2/c1-21-16-7-5-13(6-8-16)9-10-19-12-17(20)14-3-2-4-15(18)11-14/h2-8,11,19H,9-10,12,18H2,1H3. The molecular formula is C17H20N2O2. The van der Waals surface area contributed by atoms with Crippen LogP contribution in [0.2, 0.25) is 0 Å². The number of nitrogens with two attached hydrogens (primary N) is 1. The fourth-order valence-electron chi connectivity index (χ4n) is 2.04. The molecule has 0 bridgehead atoms. The summed E-state index contributed by atoms with van der Waals surface area (Å²) in [6.45, 7) is 1.07. The van der Waals surface area contributed by atoms with Crippen molar-refractivity contribution in [3.05, 3.63) is 59.7 Å². The largest absolute Gasteiger partial charge is 0.497 e. The van der Waals surface area contributed by atoms with Crippen LogP contribution in [0.15, 0.2) is 48.5 Å². The van der Waals surface area contributed by atoms with Crippen molar-refractivity contribution < 1.29 is 9.53 Å². The lowest BCUT2D eigenvalue weighted by atomic mass is 10.1. The Morgan fingerprint density at radius 2 is 1.95 bits per heavy atom. The van der Waals surface area contributed by atoms with E-state index in [2.05, 4.69) is 5.32 Å². The van der Waals surface area contributed by atoms with Crippen LogP contribution in [-0.2, 0) is 6.42 Å². The number of hydrogen-bond acceptors (Lipinski definition) is 4. The first kappa shape index (κ1) is 15.1. The molecule has 0 atom stereocenters.